The molecule has 1 heterocycles. The number of nitrogens with zero attached hydrogens (tertiary/aromatic N) is 1. The lowest BCUT2D eigenvalue weighted by atomic mass is 9.97. The van der Waals surface area contributed by atoms with Crippen molar-refractivity contribution in [3.63, 3.8) is 0 Å². The zero-order valence-electron chi connectivity index (χ0n) is 7.86. The maximum atomic E-state index is 8.74. The quantitative estimate of drug-likeness (QED) is 0.767. The summed E-state index contributed by atoms with van der Waals surface area (Å²) < 4.78 is 0. The third-order valence-electron chi connectivity index (χ3n) is 2.55. The van der Waals surface area contributed by atoms with Crippen molar-refractivity contribution in [2.75, 3.05) is 13.1 Å². The van der Waals surface area contributed by atoms with Gasteiger partial charge in [0.15, 0.2) is 0 Å². The van der Waals surface area contributed by atoms with Gasteiger partial charge in [0.05, 0.1) is 11.6 Å². The van der Waals surface area contributed by atoms with E-state index in [2.05, 4.69) is 17.5 Å². The Morgan fingerprint density at radius 1 is 1.43 bits per heavy atom. The molecule has 0 amide bonds. The summed E-state index contributed by atoms with van der Waals surface area (Å²) in [4.78, 5) is 0. The van der Waals surface area contributed by atoms with E-state index in [4.69, 9.17) is 5.26 Å². The number of hydrogen-bond donors (Lipinski definition) is 1. The molecule has 1 saturated heterocycles. The van der Waals surface area contributed by atoms with Crippen molar-refractivity contribution in [3.05, 3.63) is 35.4 Å². The molecule has 14 heavy (non-hydrogen) atoms. The molecular weight excluding hydrogens is 196 g/mol. The van der Waals surface area contributed by atoms with Crippen molar-refractivity contribution in [1.82, 2.24) is 5.32 Å². The molecule has 74 valence electrons. The van der Waals surface area contributed by atoms with Gasteiger partial charge in [-0.15, -0.1) is 12.4 Å². The molecule has 1 N–H and O–H groups in total. The average molecular weight is 209 g/mol. The summed E-state index contributed by atoms with van der Waals surface area (Å²) in [6.07, 6.45) is 1.19. The molecule has 1 aliphatic heterocycles. The first-order valence-electron chi connectivity index (χ1n) is 4.61. The van der Waals surface area contributed by atoms with Gasteiger partial charge in [-0.2, -0.15) is 5.26 Å². The smallest absolute Gasteiger partial charge is 0.0991 e. The third kappa shape index (κ3) is 2.25. The van der Waals surface area contributed by atoms with E-state index in [1.807, 2.05) is 18.2 Å². The first-order valence-corrected chi connectivity index (χ1v) is 4.61. The van der Waals surface area contributed by atoms with E-state index in [1.54, 1.807) is 0 Å². The SMILES string of the molecule is Cl.N#Cc1cccc([C@@H]2CCNC2)c1. The average Bonchev–Trinajstić information content (AvgIpc) is 2.71. The molecule has 1 atom stereocenters. The number of rotatable bonds is 1. The van der Waals surface area contributed by atoms with Crippen LogP contribution in [0.15, 0.2) is 24.3 Å². The van der Waals surface area contributed by atoms with Gasteiger partial charge in [-0.1, -0.05) is 12.1 Å². The summed E-state index contributed by atoms with van der Waals surface area (Å²) in [7, 11) is 0. The molecular formula is C11H13ClN2. The summed E-state index contributed by atoms with van der Waals surface area (Å²) in [5.41, 5.74) is 2.06. The standard InChI is InChI=1S/C11H12N2.ClH/c12-7-9-2-1-3-10(6-9)11-4-5-13-8-11;/h1-3,6,11,13H,4-5,8H2;1H/t11-;/m1./s1. The first-order chi connectivity index (χ1) is 6.40. The minimum atomic E-state index is 0. The zero-order chi connectivity index (χ0) is 9.10. The van der Waals surface area contributed by atoms with E-state index in [-0.39, 0.29) is 12.4 Å². The van der Waals surface area contributed by atoms with E-state index < -0.39 is 0 Å². The molecule has 0 saturated carbocycles. The number of nitrogens with one attached hydrogen (secondary N) is 1. The molecule has 0 bridgehead atoms. The predicted octanol–water partition coefficient (Wildman–Crippen LogP) is 2.06. The second kappa shape index (κ2) is 4.99. The summed E-state index contributed by atoms with van der Waals surface area (Å²) in [6.45, 7) is 2.15. The van der Waals surface area contributed by atoms with Gasteiger partial charge in [0, 0.05) is 6.54 Å². The lowest BCUT2D eigenvalue weighted by Crippen LogP contribution is -2.07. The van der Waals surface area contributed by atoms with Crippen LogP contribution in [-0.2, 0) is 0 Å². The fourth-order valence-electron chi connectivity index (χ4n) is 1.80. The van der Waals surface area contributed by atoms with Crippen LogP contribution in [0.4, 0.5) is 0 Å². The third-order valence-corrected chi connectivity index (χ3v) is 2.55. The minimum Gasteiger partial charge on any atom is -0.316 e. The van der Waals surface area contributed by atoms with Crippen LogP contribution in [0.3, 0.4) is 0 Å². The minimum absolute atomic E-state index is 0. The van der Waals surface area contributed by atoms with E-state index in [0.717, 1.165) is 18.7 Å². The van der Waals surface area contributed by atoms with Crippen LogP contribution in [-0.4, -0.2) is 13.1 Å². The van der Waals surface area contributed by atoms with Crippen LogP contribution in [0.1, 0.15) is 23.5 Å². The second-order valence-electron chi connectivity index (χ2n) is 3.43. The molecule has 2 rings (SSSR count). The van der Waals surface area contributed by atoms with Gasteiger partial charge in [0.25, 0.3) is 0 Å². The van der Waals surface area contributed by atoms with Gasteiger partial charge in [-0.05, 0) is 36.6 Å². The number of hydrogen-bond acceptors (Lipinski definition) is 2. The summed E-state index contributed by atoms with van der Waals surface area (Å²) >= 11 is 0. The van der Waals surface area contributed by atoms with E-state index in [0.29, 0.717) is 5.92 Å². The Morgan fingerprint density at radius 3 is 2.93 bits per heavy atom. The molecule has 3 heteroatoms. The van der Waals surface area contributed by atoms with Crippen LogP contribution < -0.4 is 5.32 Å². The largest absolute Gasteiger partial charge is 0.316 e. The van der Waals surface area contributed by atoms with Crippen molar-refractivity contribution in [3.8, 4) is 6.07 Å². The molecule has 0 aliphatic carbocycles. The maximum Gasteiger partial charge on any atom is 0.0991 e. The van der Waals surface area contributed by atoms with Crippen LogP contribution in [0.5, 0.6) is 0 Å². The van der Waals surface area contributed by atoms with Gasteiger partial charge < -0.3 is 5.32 Å². The van der Waals surface area contributed by atoms with Crippen molar-refractivity contribution < 1.29 is 0 Å². The monoisotopic (exact) mass is 208 g/mol. The van der Waals surface area contributed by atoms with E-state index in [9.17, 15) is 0 Å². The molecule has 1 aliphatic rings. The summed E-state index contributed by atoms with van der Waals surface area (Å²) in [5.74, 6) is 0.605. The van der Waals surface area contributed by atoms with Gasteiger partial charge >= 0.3 is 0 Å². The van der Waals surface area contributed by atoms with Gasteiger partial charge in [-0.3, -0.25) is 0 Å². The van der Waals surface area contributed by atoms with Crippen molar-refractivity contribution in [2.45, 2.75) is 12.3 Å². The van der Waals surface area contributed by atoms with E-state index in [1.165, 1.54) is 12.0 Å². The summed E-state index contributed by atoms with van der Waals surface area (Å²) in [6, 6.07) is 10.1. The van der Waals surface area contributed by atoms with Crippen LogP contribution >= 0.6 is 12.4 Å². The second-order valence-corrected chi connectivity index (χ2v) is 3.43. The van der Waals surface area contributed by atoms with Gasteiger partial charge in [0.2, 0.25) is 0 Å². The lowest BCUT2D eigenvalue weighted by Gasteiger charge is -2.07. The Balaban J connectivity index is 0.000000980. The highest BCUT2D eigenvalue weighted by Gasteiger charge is 2.16. The Labute approximate surface area is 90.3 Å². The maximum absolute atomic E-state index is 8.74. The highest BCUT2D eigenvalue weighted by molar-refractivity contribution is 5.85. The number of halogens is 1. The highest BCUT2D eigenvalue weighted by atomic mass is 35.5. The van der Waals surface area contributed by atoms with Crippen molar-refractivity contribution in [1.29, 1.82) is 5.26 Å². The van der Waals surface area contributed by atoms with Gasteiger partial charge in [-0.25, -0.2) is 0 Å². The Kier molecular flexibility index (Phi) is 3.94. The molecule has 0 spiro atoms. The predicted molar refractivity (Wildman–Crippen MR) is 58.6 cm³/mol. The molecule has 0 radical (unpaired) electrons. The van der Waals surface area contributed by atoms with Crippen molar-refractivity contribution in [2.24, 2.45) is 0 Å². The number of benzene rings is 1. The summed E-state index contributed by atoms with van der Waals surface area (Å²) in [5, 5.41) is 12.1. The molecule has 1 fully saturated rings. The normalized spacial score (nSPS) is 19.8. The molecule has 0 unspecified atom stereocenters. The Bertz CT molecular complexity index is 337. The van der Waals surface area contributed by atoms with Crippen LogP contribution in [0.2, 0.25) is 0 Å². The molecule has 2 nitrogen and oxygen atoms in total. The Hall–Kier alpha value is -1.04. The van der Waals surface area contributed by atoms with Crippen molar-refractivity contribution >= 4 is 12.4 Å². The fraction of sp³-hybridized carbons (Fsp3) is 0.364. The fourth-order valence-corrected chi connectivity index (χ4v) is 1.80. The number of nitriles is 1. The molecule has 1 aromatic rings. The zero-order valence-corrected chi connectivity index (χ0v) is 8.68. The van der Waals surface area contributed by atoms with E-state index >= 15 is 0 Å². The highest BCUT2D eigenvalue weighted by Crippen LogP contribution is 2.22. The molecule has 0 aromatic heterocycles. The van der Waals surface area contributed by atoms with Crippen LogP contribution in [0.25, 0.3) is 0 Å². The lowest BCUT2D eigenvalue weighted by molar-refractivity contribution is 0.763. The molecule has 1 aromatic carbocycles. The Morgan fingerprint density at radius 2 is 2.29 bits per heavy atom. The first kappa shape index (κ1) is 11.0. The van der Waals surface area contributed by atoms with Crippen LogP contribution in [0, 0.1) is 11.3 Å². The van der Waals surface area contributed by atoms with Gasteiger partial charge in [0.1, 0.15) is 0 Å². The topological polar surface area (TPSA) is 35.8 Å².